The molecule has 0 bridgehead atoms. The van der Waals surface area contributed by atoms with Crippen molar-refractivity contribution in [3.8, 4) is 11.5 Å². The molecule has 1 aromatic carbocycles. The lowest BCUT2D eigenvalue weighted by molar-refractivity contribution is 0.348. The molecule has 0 unspecified atom stereocenters. The lowest BCUT2D eigenvalue weighted by Crippen LogP contribution is -2.19. The van der Waals surface area contributed by atoms with Crippen molar-refractivity contribution in [1.29, 1.82) is 0 Å². The summed E-state index contributed by atoms with van der Waals surface area (Å²) in [6.45, 7) is 9.99. The highest BCUT2D eigenvalue weighted by Crippen LogP contribution is 2.25. The second-order valence-corrected chi connectivity index (χ2v) is 5.34. The van der Waals surface area contributed by atoms with Gasteiger partial charge in [-0.1, -0.05) is 38.1 Å². The molecule has 106 valence electrons. The summed E-state index contributed by atoms with van der Waals surface area (Å²) >= 11 is 5.73. The van der Waals surface area contributed by atoms with Gasteiger partial charge in [-0.15, -0.1) is 0 Å². The van der Waals surface area contributed by atoms with Gasteiger partial charge in [-0.25, -0.2) is 0 Å². The van der Waals surface area contributed by atoms with E-state index in [1.807, 2.05) is 18.2 Å². The number of benzene rings is 1. The molecule has 0 saturated heterocycles. The van der Waals surface area contributed by atoms with Gasteiger partial charge in [-0.2, -0.15) is 0 Å². The van der Waals surface area contributed by atoms with Crippen molar-refractivity contribution in [3.05, 3.63) is 35.4 Å². The van der Waals surface area contributed by atoms with Crippen molar-refractivity contribution in [1.82, 2.24) is 5.32 Å². The van der Waals surface area contributed by atoms with E-state index in [4.69, 9.17) is 21.1 Å². The maximum Gasteiger partial charge on any atom is 0.128 e. The zero-order chi connectivity index (χ0) is 14.3. The first-order valence-electron chi connectivity index (χ1n) is 6.36. The third-order valence-electron chi connectivity index (χ3n) is 2.53. The molecule has 19 heavy (non-hydrogen) atoms. The molecule has 0 aliphatic carbocycles. The molecule has 0 atom stereocenters. The van der Waals surface area contributed by atoms with Crippen LogP contribution < -0.4 is 14.8 Å². The molecule has 0 amide bonds. The predicted molar refractivity (Wildman–Crippen MR) is 80.0 cm³/mol. The summed E-state index contributed by atoms with van der Waals surface area (Å²) in [7, 11) is 1.64. The van der Waals surface area contributed by atoms with Crippen LogP contribution in [0.4, 0.5) is 0 Å². The monoisotopic (exact) mass is 283 g/mol. The van der Waals surface area contributed by atoms with Gasteiger partial charge in [0.25, 0.3) is 0 Å². The van der Waals surface area contributed by atoms with Gasteiger partial charge in [-0.3, -0.25) is 0 Å². The summed E-state index contributed by atoms with van der Waals surface area (Å²) in [5.41, 5.74) is 1.08. The molecule has 1 N–H and O–H groups in total. The van der Waals surface area contributed by atoms with Gasteiger partial charge < -0.3 is 14.8 Å². The van der Waals surface area contributed by atoms with Crippen LogP contribution in [0.1, 0.15) is 19.4 Å². The summed E-state index contributed by atoms with van der Waals surface area (Å²) < 4.78 is 10.9. The first-order chi connectivity index (χ1) is 9.02. The minimum atomic E-state index is 0.298. The summed E-state index contributed by atoms with van der Waals surface area (Å²) in [4.78, 5) is 0. The average molecular weight is 284 g/mol. The van der Waals surface area contributed by atoms with Crippen LogP contribution in [0.2, 0.25) is 0 Å². The Balaban J connectivity index is 2.73. The molecule has 0 aromatic heterocycles. The van der Waals surface area contributed by atoms with Gasteiger partial charge in [0.1, 0.15) is 18.1 Å². The van der Waals surface area contributed by atoms with Crippen LogP contribution >= 0.6 is 11.6 Å². The lowest BCUT2D eigenvalue weighted by Gasteiger charge is -2.14. The zero-order valence-electron chi connectivity index (χ0n) is 11.8. The van der Waals surface area contributed by atoms with E-state index in [0.29, 0.717) is 17.6 Å². The standard InChI is InChI=1S/C15H22ClNO2/c1-11(2)8-17-9-13-5-6-14(18-4)7-15(13)19-10-12(3)16/h5-7,11,17H,3,8-10H2,1-2,4H3. The Kier molecular flexibility index (Phi) is 6.74. The van der Waals surface area contributed by atoms with E-state index in [-0.39, 0.29) is 0 Å². The molecule has 0 aliphatic heterocycles. The van der Waals surface area contributed by atoms with Gasteiger partial charge in [0.2, 0.25) is 0 Å². The normalized spacial score (nSPS) is 10.6. The number of halogens is 1. The topological polar surface area (TPSA) is 30.5 Å². The van der Waals surface area contributed by atoms with Crippen molar-refractivity contribution >= 4 is 11.6 Å². The highest BCUT2D eigenvalue weighted by Gasteiger charge is 2.06. The summed E-state index contributed by atoms with van der Waals surface area (Å²) in [5, 5.41) is 3.87. The lowest BCUT2D eigenvalue weighted by atomic mass is 10.1. The van der Waals surface area contributed by atoms with Crippen molar-refractivity contribution in [2.24, 2.45) is 5.92 Å². The van der Waals surface area contributed by atoms with Crippen LogP contribution in [-0.4, -0.2) is 20.3 Å². The van der Waals surface area contributed by atoms with Crippen LogP contribution in [0.3, 0.4) is 0 Å². The van der Waals surface area contributed by atoms with Gasteiger partial charge >= 0.3 is 0 Å². The maximum atomic E-state index is 5.73. The van der Waals surface area contributed by atoms with Crippen molar-refractivity contribution in [3.63, 3.8) is 0 Å². The maximum absolute atomic E-state index is 5.73. The van der Waals surface area contributed by atoms with Crippen LogP contribution in [0.15, 0.2) is 29.8 Å². The molecule has 0 radical (unpaired) electrons. The quantitative estimate of drug-likeness (QED) is 0.791. The zero-order valence-corrected chi connectivity index (χ0v) is 12.6. The molecule has 3 nitrogen and oxygen atoms in total. The predicted octanol–water partition coefficient (Wildman–Crippen LogP) is 3.57. The van der Waals surface area contributed by atoms with Crippen LogP contribution in [-0.2, 0) is 6.54 Å². The van der Waals surface area contributed by atoms with Gasteiger partial charge in [0.05, 0.1) is 7.11 Å². The number of nitrogens with one attached hydrogen (secondary N) is 1. The Bertz CT molecular complexity index is 419. The Labute approximate surface area is 120 Å². The van der Waals surface area contributed by atoms with Crippen LogP contribution in [0.5, 0.6) is 11.5 Å². The largest absolute Gasteiger partial charge is 0.497 e. The molecule has 1 rings (SSSR count). The van der Waals surface area contributed by atoms with Crippen molar-refractivity contribution in [2.45, 2.75) is 20.4 Å². The highest BCUT2D eigenvalue weighted by atomic mass is 35.5. The van der Waals surface area contributed by atoms with E-state index < -0.39 is 0 Å². The summed E-state index contributed by atoms with van der Waals surface area (Å²) in [5.74, 6) is 2.16. The number of rotatable bonds is 8. The number of methoxy groups -OCH3 is 1. The number of hydrogen-bond donors (Lipinski definition) is 1. The van der Waals surface area contributed by atoms with Crippen LogP contribution in [0, 0.1) is 5.92 Å². The van der Waals surface area contributed by atoms with E-state index in [1.165, 1.54) is 0 Å². The van der Waals surface area contributed by atoms with Crippen molar-refractivity contribution < 1.29 is 9.47 Å². The van der Waals surface area contributed by atoms with E-state index in [1.54, 1.807) is 7.11 Å². The highest BCUT2D eigenvalue weighted by molar-refractivity contribution is 6.29. The third-order valence-corrected chi connectivity index (χ3v) is 2.64. The fourth-order valence-electron chi connectivity index (χ4n) is 1.59. The molecule has 4 heteroatoms. The number of ether oxygens (including phenoxy) is 2. The Morgan fingerprint density at radius 3 is 2.74 bits per heavy atom. The fourth-order valence-corrected chi connectivity index (χ4v) is 1.65. The molecule has 0 aliphatic rings. The Hall–Kier alpha value is -1.19. The molecule has 0 heterocycles. The minimum Gasteiger partial charge on any atom is -0.497 e. The van der Waals surface area contributed by atoms with E-state index in [2.05, 4.69) is 25.7 Å². The molecule has 1 aromatic rings. The first-order valence-corrected chi connectivity index (χ1v) is 6.74. The molecule has 0 fully saturated rings. The van der Waals surface area contributed by atoms with Gasteiger partial charge in [-0.05, 0) is 18.5 Å². The summed E-state index contributed by atoms with van der Waals surface area (Å²) in [6.07, 6.45) is 0. The third kappa shape index (κ3) is 5.99. The molecular weight excluding hydrogens is 262 g/mol. The molecule has 0 spiro atoms. The van der Waals surface area contributed by atoms with Gasteiger partial charge in [0.15, 0.2) is 0 Å². The molecule has 0 saturated carbocycles. The SMILES string of the molecule is C=C(Cl)COc1cc(OC)ccc1CNCC(C)C. The Morgan fingerprint density at radius 1 is 1.42 bits per heavy atom. The second-order valence-electron chi connectivity index (χ2n) is 4.80. The first kappa shape index (κ1) is 15.9. The van der Waals surface area contributed by atoms with E-state index in [9.17, 15) is 0 Å². The smallest absolute Gasteiger partial charge is 0.128 e. The Morgan fingerprint density at radius 2 is 2.16 bits per heavy atom. The average Bonchev–Trinajstić information content (AvgIpc) is 2.36. The van der Waals surface area contributed by atoms with Crippen LogP contribution in [0.25, 0.3) is 0 Å². The summed E-state index contributed by atoms with van der Waals surface area (Å²) in [6, 6.07) is 5.79. The molecular formula is C15H22ClNO2. The number of hydrogen-bond acceptors (Lipinski definition) is 3. The van der Waals surface area contributed by atoms with E-state index in [0.717, 1.165) is 30.2 Å². The second kappa shape index (κ2) is 8.08. The fraction of sp³-hybridized carbons (Fsp3) is 0.467. The van der Waals surface area contributed by atoms with E-state index >= 15 is 0 Å². The van der Waals surface area contributed by atoms with Gasteiger partial charge in [0, 0.05) is 23.2 Å². The minimum absolute atomic E-state index is 0.298. The van der Waals surface area contributed by atoms with Crippen molar-refractivity contribution in [2.75, 3.05) is 20.3 Å².